The number of Topliss-reactive ketones (excluding diaryl/α,β-unsaturated/α-hetero) is 1. The number of hydrogen-bond donors (Lipinski definition) is 1. The molecule has 0 radical (unpaired) electrons. The van der Waals surface area contributed by atoms with Crippen molar-refractivity contribution in [2.24, 2.45) is 5.73 Å². The number of benzene rings is 2. The van der Waals surface area contributed by atoms with E-state index in [1.807, 2.05) is 34.1 Å². The molecule has 0 bridgehead atoms. The zero-order valence-electron chi connectivity index (χ0n) is 19.6. The summed E-state index contributed by atoms with van der Waals surface area (Å²) in [5.74, 6) is -0.0809. The SMILES string of the molecule is CN1CCN(c2cccc(N(Cc3ccc(C(=O)CN)cc3)C(=O)N3CCCCC3)c2)CC1. The number of nitrogens with two attached hydrogens (primary N) is 1. The number of urea groups is 1. The third kappa shape index (κ3) is 5.72. The lowest BCUT2D eigenvalue weighted by Gasteiger charge is -2.36. The summed E-state index contributed by atoms with van der Waals surface area (Å²) < 4.78 is 0. The number of carbonyl (C=O) groups is 2. The number of piperidine rings is 1. The van der Waals surface area contributed by atoms with Gasteiger partial charge in [0, 0.05) is 56.2 Å². The van der Waals surface area contributed by atoms with E-state index < -0.39 is 0 Å². The molecule has 7 nitrogen and oxygen atoms in total. The van der Waals surface area contributed by atoms with Crippen molar-refractivity contribution in [3.63, 3.8) is 0 Å². The van der Waals surface area contributed by atoms with Crippen LogP contribution in [-0.4, -0.2) is 74.5 Å². The number of carbonyl (C=O) groups excluding carboxylic acids is 2. The van der Waals surface area contributed by atoms with Gasteiger partial charge in [-0.25, -0.2) is 4.79 Å². The van der Waals surface area contributed by atoms with Crippen LogP contribution in [0.1, 0.15) is 35.2 Å². The van der Waals surface area contributed by atoms with E-state index in [-0.39, 0.29) is 18.4 Å². The van der Waals surface area contributed by atoms with Gasteiger partial charge in [-0.15, -0.1) is 0 Å². The van der Waals surface area contributed by atoms with Crippen LogP contribution in [0.2, 0.25) is 0 Å². The van der Waals surface area contributed by atoms with Crippen molar-refractivity contribution < 1.29 is 9.59 Å². The largest absolute Gasteiger partial charge is 0.369 e. The molecule has 176 valence electrons. The van der Waals surface area contributed by atoms with E-state index in [9.17, 15) is 9.59 Å². The molecule has 2 aromatic carbocycles. The highest BCUT2D eigenvalue weighted by atomic mass is 16.2. The van der Waals surface area contributed by atoms with E-state index in [1.54, 1.807) is 12.1 Å². The van der Waals surface area contributed by atoms with E-state index in [0.717, 1.165) is 69.0 Å². The maximum Gasteiger partial charge on any atom is 0.324 e. The quantitative estimate of drug-likeness (QED) is 0.686. The maximum atomic E-state index is 13.6. The lowest BCUT2D eigenvalue weighted by Crippen LogP contribution is -2.46. The fourth-order valence-corrected chi connectivity index (χ4v) is 4.54. The average molecular weight is 450 g/mol. The molecule has 2 aromatic rings. The summed E-state index contributed by atoms with van der Waals surface area (Å²) >= 11 is 0. The molecule has 2 aliphatic rings. The van der Waals surface area contributed by atoms with Crippen LogP contribution >= 0.6 is 0 Å². The van der Waals surface area contributed by atoms with Crippen LogP contribution in [0, 0.1) is 0 Å². The Morgan fingerprint density at radius 2 is 1.61 bits per heavy atom. The molecule has 33 heavy (non-hydrogen) atoms. The summed E-state index contributed by atoms with van der Waals surface area (Å²) in [5.41, 5.74) is 9.14. The summed E-state index contributed by atoms with van der Waals surface area (Å²) in [7, 11) is 2.15. The zero-order chi connectivity index (χ0) is 23.2. The van der Waals surface area contributed by atoms with Crippen molar-refractivity contribution in [2.75, 3.05) is 62.7 Å². The number of piperazine rings is 1. The minimum atomic E-state index is -0.0809. The smallest absolute Gasteiger partial charge is 0.324 e. The van der Waals surface area contributed by atoms with Gasteiger partial charge in [0.25, 0.3) is 0 Å². The molecule has 2 saturated heterocycles. The number of ketones is 1. The second kappa shape index (κ2) is 10.8. The van der Waals surface area contributed by atoms with Crippen molar-refractivity contribution in [3.8, 4) is 0 Å². The van der Waals surface area contributed by atoms with Gasteiger partial charge < -0.3 is 20.4 Å². The van der Waals surface area contributed by atoms with Crippen LogP contribution in [0.25, 0.3) is 0 Å². The minimum absolute atomic E-state index is 0.00198. The molecule has 2 N–H and O–H groups in total. The molecular formula is C26H35N5O2. The number of likely N-dealkylation sites (N-methyl/N-ethyl adjacent to an activating group) is 1. The van der Waals surface area contributed by atoms with Gasteiger partial charge >= 0.3 is 6.03 Å². The van der Waals surface area contributed by atoms with Gasteiger partial charge in [0.2, 0.25) is 0 Å². The van der Waals surface area contributed by atoms with Crippen LogP contribution in [0.5, 0.6) is 0 Å². The minimum Gasteiger partial charge on any atom is -0.369 e. The second-order valence-electron chi connectivity index (χ2n) is 9.05. The second-order valence-corrected chi connectivity index (χ2v) is 9.05. The Morgan fingerprint density at radius 1 is 0.909 bits per heavy atom. The van der Waals surface area contributed by atoms with Crippen molar-refractivity contribution >= 4 is 23.2 Å². The van der Waals surface area contributed by atoms with Crippen molar-refractivity contribution in [2.45, 2.75) is 25.8 Å². The number of anilines is 2. The van der Waals surface area contributed by atoms with Crippen LogP contribution in [0.4, 0.5) is 16.2 Å². The highest BCUT2D eigenvalue weighted by molar-refractivity contribution is 5.97. The first-order valence-electron chi connectivity index (χ1n) is 12.0. The van der Waals surface area contributed by atoms with E-state index in [2.05, 4.69) is 29.0 Å². The molecule has 2 heterocycles. The summed E-state index contributed by atoms with van der Waals surface area (Å²) in [6, 6.07) is 15.8. The van der Waals surface area contributed by atoms with Crippen LogP contribution in [-0.2, 0) is 6.54 Å². The third-order valence-corrected chi connectivity index (χ3v) is 6.67. The van der Waals surface area contributed by atoms with Crippen molar-refractivity contribution in [1.29, 1.82) is 0 Å². The van der Waals surface area contributed by atoms with Gasteiger partial charge in [-0.3, -0.25) is 9.69 Å². The number of amides is 2. The summed E-state index contributed by atoms with van der Waals surface area (Å²) in [6.45, 7) is 6.10. The highest BCUT2D eigenvalue weighted by Gasteiger charge is 2.25. The monoisotopic (exact) mass is 449 g/mol. The van der Waals surface area contributed by atoms with E-state index >= 15 is 0 Å². The van der Waals surface area contributed by atoms with Gasteiger partial charge in [0.05, 0.1) is 13.1 Å². The molecule has 2 aliphatic heterocycles. The molecule has 0 saturated carbocycles. The molecule has 0 aliphatic carbocycles. The molecule has 0 spiro atoms. The standard InChI is InChI=1S/C26H35N5O2/c1-28-14-16-29(17-15-28)23-6-5-7-24(18-23)31(26(33)30-12-3-2-4-13-30)20-21-8-10-22(11-9-21)25(32)19-27/h5-11,18H,2-4,12-17,19-20,27H2,1H3. The molecule has 4 rings (SSSR count). The van der Waals surface area contributed by atoms with Crippen molar-refractivity contribution in [3.05, 3.63) is 59.7 Å². The third-order valence-electron chi connectivity index (χ3n) is 6.67. The average Bonchev–Trinajstić information content (AvgIpc) is 2.88. The first-order valence-corrected chi connectivity index (χ1v) is 12.0. The lowest BCUT2D eigenvalue weighted by atomic mass is 10.1. The van der Waals surface area contributed by atoms with Crippen molar-refractivity contribution in [1.82, 2.24) is 9.80 Å². The van der Waals surface area contributed by atoms with Gasteiger partial charge in [0.15, 0.2) is 5.78 Å². The number of nitrogens with zero attached hydrogens (tertiary/aromatic N) is 4. The molecule has 7 heteroatoms. The lowest BCUT2D eigenvalue weighted by molar-refractivity contribution is 0.100. The Balaban J connectivity index is 1.59. The van der Waals surface area contributed by atoms with Crippen LogP contribution in [0.15, 0.2) is 48.5 Å². The Bertz CT molecular complexity index is 947. The molecule has 2 amide bonds. The Kier molecular flexibility index (Phi) is 7.62. The fourth-order valence-electron chi connectivity index (χ4n) is 4.54. The van der Waals surface area contributed by atoms with E-state index in [1.165, 1.54) is 6.42 Å². The molecule has 2 fully saturated rings. The summed E-state index contributed by atoms with van der Waals surface area (Å²) in [5, 5.41) is 0. The molecule has 0 aromatic heterocycles. The Labute approximate surface area is 196 Å². The fraction of sp³-hybridized carbons (Fsp3) is 0.462. The molecule has 0 unspecified atom stereocenters. The normalized spacial score (nSPS) is 17.2. The Hall–Kier alpha value is -2.90. The summed E-state index contributed by atoms with van der Waals surface area (Å²) in [6.07, 6.45) is 3.28. The van der Waals surface area contributed by atoms with Crippen LogP contribution < -0.4 is 15.5 Å². The zero-order valence-corrected chi connectivity index (χ0v) is 19.6. The first kappa shape index (κ1) is 23.3. The van der Waals surface area contributed by atoms with E-state index in [0.29, 0.717) is 12.1 Å². The van der Waals surface area contributed by atoms with Gasteiger partial charge in [-0.1, -0.05) is 30.3 Å². The number of rotatable bonds is 6. The maximum absolute atomic E-state index is 13.6. The summed E-state index contributed by atoms with van der Waals surface area (Å²) in [4.78, 5) is 34.1. The number of hydrogen-bond acceptors (Lipinski definition) is 5. The van der Waals surface area contributed by atoms with E-state index in [4.69, 9.17) is 5.73 Å². The van der Waals surface area contributed by atoms with Crippen LogP contribution in [0.3, 0.4) is 0 Å². The first-order chi connectivity index (χ1) is 16.0. The molecular weight excluding hydrogens is 414 g/mol. The predicted octanol–water partition coefficient (Wildman–Crippen LogP) is 3.19. The van der Waals surface area contributed by atoms with Gasteiger partial charge in [-0.2, -0.15) is 0 Å². The molecule has 0 atom stereocenters. The Morgan fingerprint density at radius 3 is 2.27 bits per heavy atom. The number of likely N-dealkylation sites (tertiary alicyclic amines) is 1. The van der Waals surface area contributed by atoms with Gasteiger partial charge in [-0.05, 0) is 50.1 Å². The highest BCUT2D eigenvalue weighted by Crippen LogP contribution is 2.27. The van der Waals surface area contributed by atoms with Gasteiger partial charge in [0.1, 0.15) is 0 Å². The predicted molar refractivity (Wildman–Crippen MR) is 133 cm³/mol. The topological polar surface area (TPSA) is 73.1 Å².